The first-order valence-electron chi connectivity index (χ1n) is 13.7. The van der Waals surface area contributed by atoms with E-state index in [1.54, 1.807) is 19.1 Å². The SMILES string of the molecule is CC1=CC=CC(C)C(OC(N)=O)C(C)=CC(C)C(O)CCC(C)Cc2c(O)c(cc(O)c2N2CCC2)NC1=O. The molecule has 2 aliphatic rings. The molecule has 0 saturated carbocycles. The number of ether oxygens (including phenoxy) is 1. The second kappa shape index (κ2) is 13.1. The van der Waals surface area contributed by atoms with Gasteiger partial charge in [-0.1, -0.05) is 45.1 Å². The highest BCUT2D eigenvalue weighted by Gasteiger charge is 2.28. The Labute approximate surface area is 231 Å². The minimum absolute atomic E-state index is 0.0148. The summed E-state index contributed by atoms with van der Waals surface area (Å²) in [6.45, 7) is 10.9. The van der Waals surface area contributed by atoms with Crippen LogP contribution in [-0.2, 0) is 16.0 Å². The molecule has 9 nitrogen and oxygen atoms in total. The van der Waals surface area contributed by atoms with Gasteiger partial charge in [0.25, 0.3) is 5.91 Å². The largest absolute Gasteiger partial charge is 0.506 e. The molecule has 0 radical (unpaired) electrons. The van der Waals surface area contributed by atoms with E-state index in [0.717, 1.165) is 25.1 Å². The molecule has 0 spiro atoms. The smallest absolute Gasteiger partial charge is 0.405 e. The highest BCUT2D eigenvalue weighted by molar-refractivity contribution is 6.05. The third kappa shape index (κ3) is 7.56. The Morgan fingerprint density at radius 1 is 1.13 bits per heavy atom. The summed E-state index contributed by atoms with van der Waals surface area (Å²) in [5.41, 5.74) is 7.84. The van der Waals surface area contributed by atoms with Crippen molar-refractivity contribution in [3.05, 3.63) is 47.1 Å². The van der Waals surface area contributed by atoms with Crippen LogP contribution in [-0.4, -0.2) is 52.6 Å². The van der Waals surface area contributed by atoms with E-state index >= 15 is 0 Å². The molecule has 1 saturated heterocycles. The summed E-state index contributed by atoms with van der Waals surface area (Å²) in [6, 6.07) is 1.40. The van der Waals surface area contributed by atoms with Gasteiger partial charge in [0.1, 0.15) is 17.6 Å². The van der Waals surface area contributed by atoms with Gasteiger partial charge in [-0.3, -0.25) is 4.79 Å². The maximum absolute atomic E-state index is 12.9. The molecule has 1 aromatic carbocycles. The van der Waals surface area contributed by atoms with Crippen LogP contribution in [0.3, 0.4) is 0 Å². The van der Waals surface area contributed by atoms with E-state index in [1.807, 2.05) is 44.7 Å². The molecule has 2 amide bonds. The monoisotopic (exact) mass is 541 g/mol. The minimum Gasteiger partial charge on any atom is -0.506 e. The molecule has 5 atom stereocenters. The van der Waals surface area contributed by atoms with Gasteiger partial charge in [-0.15, -0.1) is 0 Å². The molecule has 0 aromatic heterocycles. The number of nitrogens with zero attached hydrogens (tertiary/aromatic N) is 1. The number of rotatable bonds is 2. The maximum atomic E-state index is 12.9. The lowest BCUT2D eigenvalue weighted by Gasteiger charge is -2.36. The standard InChI is InChI=1S/C30H43N3O6/c1-17-10-11-24(34)20(4)15-21(5)28(39-30(31)38)18(2)8-6-9-19(3)29(37)32-23-16-25(35)26(33-12-7-13-33)22(14-17)27(23)36/h6,8-9,15-18,20,24,28,34-36H,7,10-14H2,1-5H3,(H2,31,38)(H,32,37). The van der Waals surface area contributed by atoms with E-state index in [-0.39, 0.29) is 34.9 Å². The lowest BCUT2D eigenvalue weighted by molar-refractivity contribution is -0.112. The molecule has 1 aromatic rings. The number of hydrogen-bond acceptors (Lipinski definition) is 7. The molecule has 0 aliphatic carbocycles. The Morgan fingerprint density at radius 2 is 1.82 bits per heavy atom. The molecule has 6 N–H and O–H groups in total. The zero-order valence-corrected chi connectivity index (χ0v) is 23.6. The zero-order valence-electron chi connectivity index (χ0n) is 23.6. The number of benzene rings is 1. The van der Waals surface area contributed by atoms with E-state index < -0.39 is 24.2 Å². The molecule has 1 fully saturated rings. The quantitative estimate of drug-likeness (QED) is 0.206. The zero-order chi connectivity index (χ0) is 28.9. The fourth-order valence-corrected chi connectivity index (χ4v) is 5.19. The van der Waals surface area contributed by atoms with Gasteiger partial charge >= 0.3 is 6.09 Å². The number of phenolic OH excluding ortho intramolecular Hbond substituents is 2. The number of amides is 2. The van der Waals surface area contributed by atoms with Crippen molar-refractivity contribution in [3.63, 3.8) is 0 Å². The highest BCUT2D eigenvalue weighted by Crippen LogP contribution is 2.45. The van der Waals surface area contributed by atoms with Gasteiger partial charge < -0.3 is 36.0 Å². The van der Waals surface area contributed by atoms with Crippen LogP contribution in [0.2, 0.25) is 0 Å². The number of anilines is 2. The number of hydrogen-bond donors (Lipinski definition) is 5. The number of aromatic hydroxyl groups is 2. The van der Waals surface area contributed by atoms with Gasteiger partial charge in [0.15, 0.2) is 0 Å². The van der Waals surface area contributed by atoms with Crippen LogP contribution in [0, 0.1) is 17.8 Å². The predicted molar refractivity (Wildman–Crippen MR) is 153 cm³/mol. The molecule has 2 heterocycles. The van der Waals surface area contributed by atoms with Gasteiger partial charge in [-0.05, 0) is 51.0 Å². The Morgan fingerprint density at radius 3 is 2.44 bits per heavy atom. The highest BCUT2D eigenvalue weighted by atomic mass is 16.6. The molecule has 3 rings (SSSR count). The van der Waals surface area contributed by atoms with E-state index in [1.165, 1.54) is 6.07 Å². The number of nitrogens with one attached hydrogen (secondary N) is 1. The Kier molecular flexibility index (Phi) is 10.1. The Hall–Kier alpha value is -3.46. The number of phenols is 2. The molecular weight excluding hydrogens is 498 g/mol. The fraction of sp³-hybridized carbons (Fsp3) is 0.533. The number of carbonyl (C=O) groups is 2. The number of carbonyl (C=O) groups excluding carboxylic acids is 2. The van der Waals surface area contributed by atoms with Crippen molar-refractivity contribution in [1.82, 2.24) is 0 Å². The predicted octanol–water partition coefficient (Wildman–Crippen LogP) is 4.76. The molecule has 214 valence electrons. The van der Waals surface area contributed by atoms with Crippen molar-refractivity contribution in [2.24, 2.45) is 23.5 Å². The van der Waals surface area contributed by atoms with Crippen LogP contribution in [0.25, 0.3) is 0 Å². The molecule has 2 bridgehead atoms. The summed E-state index contributed by atoms with van der Waals surface area (Å²) in [7, 11) is 0. The summed E-state index contributed by atoms with van der Waals surface area (Å²) in [6.07, 6.45) is 7.58. The third-order valence-corrected chi connectivity index (χ3v) is 7.70. The van der Waals surface area contributed by atoms with Gasteiger partial charge in [0.05, 0.1) is 17.5 Å². The number of allylic oxidation sites excluding steroid dienone is 2. The van der Waals surface area contributed by atoms with Crippen molar-refractivity contribution < 1.29 is 29.6 Å². The van der Waals surface area contributed by atoms with E-state index in [2.05, 4.69) is 5.32 Å². The van der Waals surface area contributed by atoms with Gasteiger partial charge in [-0.25, -0.2) is 4.79 Å². The van der Waals surface area contributed by atoms with Gasteiger partial charge in [0, 0.05) is 42.1 Å². The maximum Gasteiger partial charge on any atom is 0.405 e. The number of aliphatic hydroxyl groups is 1. The van der Waals surface area contributed by atoms with Crippen molar-refractivity contribution in [2.75, 3.05) is 23.3 Å². The first-order chi connectivity index (χ1) is 18.4. The summed E-state index contributed by atoms with van der Waals surface area (Å²) in [5, 5.41) is 35.8. The van der Waals surface area contributed by atoms with Crippen LogP contribution in [0.1, 0.15) is 59.4 Å². The van der Waals surface area contributed by atoms with E-state index in [4.69, 9.17) is 10.5 Å². The van der Waals surface area contributed by atoms with E-state index in [9.17, 15) is 24.9 Å². The van der Waals surface area contributed by atoms with Crippen LogP contribution < -0.4 is 16.0 Å². The van der Waals surface area contributed by atoms with Crippen LogP contribution in [0.4, 0.5) is 16.2 Å². The van der Waals surface area contributed by atoms with Gasteiger partial charge in [0.2, 0.25) is 0 Å². The van der Waals surface area contributed by atoms with Crippen LogP contribution >= 0.6 is 0 Å². The minimum atomic E-state index is -0.887. The third-order valence-electron chi connectivity index (χ3n) is 7.70. The number of aliphatic hydroxyl groups excluding tert-OH is 1. The molecule has 5 unspecified atom stereocenters. The van der Waals surface area contributed by atoms with E-state index in [0.29, 0.717) is 36.1 Å². The van der Waals surface area contributed by atoms with Crippen LogP contribution in [0.15, 0.2) is 41.5 Å². The number of fused-ring (bicyclic) bond motifs is 2. The Bertz CT molecular complexity index is 1150. The summed E-state index contributed by atoms with van der Waals surface area (Å²) >= 11 is 0. The molecule has 2 aliphatic heterocycles. The first kappa shape index (κ1) is 30.1. The summed E-state index contributed by atoms with van der Waals surface area (Å²) in [4.78, 5) is 26.6. The van der Waals surface area contributed by atoms with Crippen molar-refractivity contribution in [3.8, 4) is 11.5 Å². The van der Waals surface area contributed by atoms with Crippen LogP contribution in [0.5, 0.6) is 11.5 Å². The lowest BCUT2D eigenvalue weighted by atomic mass is 9.88. The number of primary amides is 1. The Balaban J connectivity index is 2.02. The van der Waals surface area contributed by atoms with Crippen molar-refractivity contribution in [2.45, 2.75) is 72.5 Å². The first-order valence-corrected chi connectivity index (χ1v) is 13.7. The summed E-state index contributed by atoms with van der Waals surface area (Å²) in [5.74, 6) is -0.842. The second-order valence-electron chi connectivity index (χ2n) is 11.1. The average molecular weight is 542 g/mol. The fourth-order valence-electron chi connectivity index (χ4n) is 5.19. The molecule has 39 heavy (non-hydrogen) atoms. The number of nitrogens with two attached hydrogens (primary N) is 1. The van der Waals surface area contributed by atoms with Crippen molar-refractivity contribution >= 4 is 23.4 Å². The van der Waals surface area contributed by atoms with Gasteiger partial charge in [-0.2, -0.15) is 0 Å². The molecule has 9 heteroatoms. The molecular formula is C30H43N3O6. The topological polar surface area (TPSA) is 145 Å². The summed E-state index contributed by atoms with van der Waals surface area (Å²) < 4.78 is 5.40. The van der Waals surface area contributed by atoms with Crippen molar-refractivity contribution in [1.29, 1.82) is 0 Å². The normalized spacial score (nSPS) is 27.2. The average Bonchev–Trinajstić information content (AvgIpc) is 2.83. The second-order valence-corrected chi connectivity index (χ2v) is 11.1. The lowest BCUT2D eigenvalue weighted by Crippen LogP contribution is -2.38.